The van der Waals surface area contributed by atoms with Crippen LogP contribution in [0.4, 0.5) is 0 Å². The quantitative estimate of drug-likeness (QED) is 0.213. The Balaban J connectivity index is 1.20. The maximum absolute atomic E-state index is 6.48. The number of hydrogen-bond acceptors (Lipinski definition) is 4. The van der Waals surface area contributed by atoms with E-state index in [4.69, 9.17) is 19.4 Å². The number of fused-ring (bicyclic) bond motifs is 7. The average Bonchev–Trinajstić information content (AvgIpc) is 3.65. The Morgan fingerprint density at radius 3 is 1.84 bits per heavy atom. The van der Waals surface area contributed by atoms with E-state index in [1.54, 1.807) is 0 Å². The van der Waals surface area contributed by atoms with Crippen LogP contribution in [-0.2, 0) is 0 Å². The van der Waals surface area contributed by atoms with E-state index in [0.29, 0.717) is 11.6 Å². The zero-order valence-corrected chi connectivity index (χ0v) is 23.8. The molecule has 0 aliphatic heterocycles. The summed E-state index contributed by atoms with van der Waals surface area (Å²) in [5.74, 6) is 2.09. The van der Waals surface area contributed by atoms with Crippen LogP contribution in [0.5, 0.6) is 0 Å². The molecule has 44 heavy (non-hydrogen) atoms. The van der Waals surface area contributed by atoms with Crippen molar-refractivity contribution in [2.75, 3.05) is 0 Å². The maximum Gasteiger partial charge on any atom is 0.164 e. The predicted molar refractivity (Wildman–Crippen MR) is 179 cm³/mol. The Bertz CT molecular complexity index is 2370. The van der Waals surface area contributed by atoms with Crippen LogP contribution in [0.3, 0.4) is 0 Å². The van der Waals surface area contributed by atoms with Crippen LogP contribution in [0.2, 0.25) is 0 Å². The van der Waals surface area contributed by atoms with Crippen molar-refractivity contribution in [1.82, 2.24) is 19.5 Å². The van der Waals surface area contributed by atoms with Gasteiger partial charge in [-0.15, -0.1) is 0 Å². The van der Waals surface area contributed by atoms with Crippen LogP contribution < -0.4 is 0 Å². The van der Waals surface area contributed by atoms with Gasteiger partial charge in [-0.3, -0.25) is 0 Å². The van der Waals surface area contributed by atoms with Crippen molar-refractivity contribution in [3.63, 3.8) is 0 Å². The number of furan rings is 1. The highest BCUT2D eigenvalue weighted by molar-refractivity contribution is 6.24. The van der Waals surface area contributed by atoms with Gasteiger partial charge < -0.3 is 8.98 Å². The minimum absolute atomic E-state index is 0.683. The van der Waals surface area contributed by atoms with Crippen molar-refractivity contribution < 1.29 is 4.42 Å². The smallest absolute Gasteiger partial charge is 0.164 e. The van der Waals surface area contributed by atoms with Gasteiger partial charge in [0, 0.05) is 33.0 Å². The fraction of sp³-hybridized carbons (Fsp3) is 0.0513. The van der Waals surface area contributed by atoms with Crippen LogP contribution in [0.15, 0.2) is 138 Å². The number of benzene rings is 5. The molecule has 0 atom stereocenters. The lowest BCUT2D eigenvalue weighted by atomic mass is 10.0. The number of para-hydroxylation sites is 2. The first-order valence-corrected chi connectivity index (χ1v) is 14.9. The molecule has 0 spiro atoms. The second kappa shape index (κ2) is 9.89. The van der Waals surface area contributed by atoms with E-state index in [-0.39, 0.29) is 0 Å². The number of allylic oxidation sites excluding steroid dienone is 4. The molecule has 208 valence electrons. The third-order valence-electron chi connectivity index (χ3n) is 8.58. The lowest BCUT2D eigenvalue weighted by Gasteiger charge is -2.18. The molecule has 5 nitrogen and oxygen atoms in total. The SMILES string of the molecule is C1=C(c2nc(-c3ccccc3)nc(-c3ccccc3)n2)CCC(n2c3ccccc3c3c4oc5ccccc5c4ccc32)=C1. The molecule has 0 amide bonds. The van der Waals surface area contributed by atoms with Gasteiger partial charge in [-0.25, -0.2) is 15.0 Å². The van der Waals surface area contributed by atoms with E-state index in [2.05, 4.69) is 65.3 Å². The molecule has 5 heteroatoms. The lowest BCUT2D eigenvalue weighted by molar-refractivity contribution is 0.673. The van der Waals surface area contributed by atoms with E-state index in [1.807, 2.05) is 72.8 Å². The first kappa shape index (κ1) is 24.8. The summed E-state index contributed by atoms with van der Waals surface area (Å²) in [7, 11) is 0. The molecule has 1 aliphatic carbocycles. The van der Waals surface area contributed by atoms with E-state index >= 15 is 0 Å². The van der Waals surface area contributed by atoms with Gasteiger partial charge in [-0.05, 0) is 48.8 Å². The number of aromatic nitrogens is 4. The Morgan fingerprint density at radius 1 is 0.500 bits per heavy atom. The van der Waals surface area contributed by atoms with Crippen LogP contribution in [0, 0.1) is 0 Å². The Kier molecular flexibility index (Phi) is 5.56. The molecule has 9 rings (SSSR count). The van der Waals surface area contributed by atoms with Gasteiger partial charge in [0.05, 0.1) is 16.4 Å². The molecule has 0 saturated carbocycles. The summed E-state index contributed by atoms with van der Waals surface area (Å²) in [6.07, 6.45) is 6.07. The van der Waals surface area contributed by atoms with Crippen molar-refractivity contribution in [3.05, 3.63) is 139 Å². The van der Waals surface area contributed by atoms with Crippen LogP contribution >= 0.6 is 0 Å². The van der Waals surface area contributed by atoms with Gasteiger partial charge in [0.15, 0.2) is 17.5 Å². The molecule has 8 aromatic rings. The fourth-order valence-corrected chi connectivity index (χ4v) is 6.50. The van der Waals surface area contributed by atoms with Crippen molar-refractivity contribution in [2.45, 2.75) is 12.8 Å². The highest BCUT2D eigenvalue weighted by atomic mass is 16.3. The van der Waals surface area contributed by atoms with Crippen LogP contribution in [0.25, 0.3) is 77.8 Å². The molecule has 3 heterocycles. The molecule has 0 unspecified atom stereocenters. The zero-order valence-electron chi connectivity index (χ0n) is 23.8. The molecule has 0 bridgehead atoms. The molecular formula is C39H26N4O. The van der Waals surface area contributed by atoms with E-state index in [1.165, 1.54) is 16.6 Å². The van der Waals surface area contributed by atoms with Gasteiger partial charge in [-0.1, -0.05) is 103 Å². The van der Waals surface area contributed by atoms with Crippen molar-refractivity contribution >= 4 is 55.0 Å². The second-order valence-corrected chi connectivity index (χ2v) is 11.2. The third-order valence-corrected chi connectivity index (χ3v) is 8.58. The highest BCUT2D eigenvalue weighted by Crippen LogP contribution is 2.42. The molecule has 5 aromatic carbocycles. The monoisotopic (exact) mass is 566 g/mol. The normalized spacial score (nSPS) is 13.5. The summed E-state index contributed by atoms with van der Waals surface area (Å²) < 4.78 is 8.87. The largest absolute Gasteiger partial charge is 0.455 e. The second-order valence-electron chi connectivity index (χ2n) is 11.2. The Labute approximate surface area is 253 Å². The fourth-order valence-electron chi connectivity index (χ4n) is 6.50. The molecule has 3 aromatic heterocycles. The minimum Gasteiger partial charge on any atom is -0.455 e. The number of rotatable bonds is 4. The van der Waals surface area contributed by atoms with Gasteiger partial charge >= 0.3 is 0 Å². The van der Waals surface area contributed by atoms with Crippen molar-refractivity contribution in [1.29, 1.82) is 0 Å². The van der Waals surface area contributed by atoms with Crippen LogP contribution in [-0.4, -0.2) is 19.5 Å². The van der Waals surface area contributed by atoms with Gasteiger partial charge in [0.25, 0.3) is 0 Å². The molecule has 0 saturated heterocycles. The average molecular weight is 567 g/mol. The van der Waals surface area contributed by atoms with Gasteiger partial charge in [-0.2, -0.15) is 0 Å². The summed E-state index contributed by atoms with van der Waals surface area (Å²) in [6.45, 7) is 0. The number of nitrogens with zero attached hydrogens (tertiary/aromatic N) is 4. The van der Waals surface area contributed by atoms with Crippen LogP contribution in [0.1, 0.15) is 18.7 Å². The molecule has 0 fully saturated rings. The predicted octanol–water partition coefficient (Wildman–Crippen LogP) is 9.93. The highest BCUT2D eigenvalue weighted by Gasteiger charge is 2.21. The minimum atomic E-state index is 0.683. The standard InChI is InChI=1S/C39H26N4O/c1-3-11-25(12-4-1)37-40-38(26-13-5-2-6-14-26)42-39(41-37)27-19-21-28(22-20-27)43-32-17-9-7-16-31(32)35-33(43)24-23-30-29-15-8-10-18-34(29)44-36(30)35/h1-19,21,23-24H,20,22H2. The molecule has 0 radical (unpaired) electrons. The third kappa shape index (κ3) is 3.90. The van der Waals surface area contributed by atoms with E-state index in [9.17, 15) is 0 Å². The summed E-state index contributed by atoms with van der Waals surface area (Å²) in [4.78, 5) is 14.8. The topological polar surface area (TPSA) is 56.7 Å². The first-order valence-electron chi connectivity index (χ1n) is 14.9. The molecular weight excluding hydrogens is 540 g/mol. The molecule has 1 aliphatic rings. The van der Waals surface area contributed by atoms with E-state index < -0.39 is 0 Å². The van der Waals surface area contributed by atoms with Crippen molar-refractivity contribution in [2.24, 2.45) is 0 Å². The van der Waals surface area contributed by atoms with Crippen molar-refractivity contribution in [3.8, 4) is 22.8 Å². The van der Waals surface area contributed by atoms with Gasteiger partial charge in [0.1, 0.15) is 11.2 Å². The first-order chi connectivity index (χ1) is 21.8. The summed E-state index contributed by atoms with van der Waals surface area (Å²) >= 11 is 0. The Hall–Kier alpha value is -5.81. The van der Waals surface area contributed by atoms with Gasteiger partial charge in [0.2, 0.25) is 0 Å². The zero-order chi connectivity index (χ0) is 29.0. The summed E-state index contributed by atoms with van der Waals surface area (Å²) in [6, 6.07) is 41.6. The summed E-state index contributed by atoms with van der Waals surface area (Å²) in [5.41, 5.74) is 8.47. The maximum atomic E-state index is 6.48. The molecule has 0 N–H and O–H groups in total. The summed E-state index contributed by atoms with van der Waals surface area (Å²) in [5, 5.41) is 4.64. The van der Waals surface area contributed by atoms with E-state index in [0.717, 1.165) is 68.2 Å². The Morgan fingerprint density at radius 2 is 1.14 bits per heavy atom. The lowest BCUT2D eigenvalue weighted by Crippen LogP contribution is -2.06. The number of hydrogen-bond donors (Lipinski definition) is 0.